The zero-order valence-electron chi connectivity index (χ0n) is 13.3. The first kappa shape index (κ1) is 16.5. The lowest BCUT2D eigenvalue weighted by Crippen LogP contribution is -2.24. The summed E-state index contributed by atoms with van der Waals surface area (Å²) in [4.78, 5) is 12.0. The predicted octanol–water partition coefficient (Wildman–Crippen LogP) is 3.98. The van der Waals surface area contributed by atoms with Crippen molar-refractivity contribution in [1.82, 2.24) is 5.32 Å². The third kappa shape index (κ3) is 3.92. The van der Waals surface area contributed by atoms with Crippen LogP contribution in [0.4, 0.5) is 0 Å². The summed E-state index contributed by atoms with van der Waals surface area (Å²) >= 11 is 6.24. The molecule has 5 nitrogen and oxygen atoms in total. The second kappa shape index (κ2) is 7.45. The van der Waals surface area contributed by atoms with Gasteiger partial charge in [0.2, 0.25) is 5.91 Å². The van der Waals surface area contributed by atoms with Gasteiger partial charge in [-0.15, -0.1) is 0 Å². The van der Waals surface area contributed by atoms with Crippen molar-refractivity contribution >= 4 is 23.6 Å². The normalized spacial score (nSPS) is 15.1. The Morgan fingerprint density at radius 1 is 1.33 bits per heavy atom. The highest BCUT2D eigenvalue weighted by molar-refractivity contribution is 6.32. The van der Waals surface area contributed by atoms with Crippen molar-refractivity contribution in [3.05, 3.63) is 53.0 Å². The highest BCUT2D eigenvalue weighted by Gasteiger charge is 2.15. The van der Waals surface area contributed by atoms with E-state index < -0.39 is 0 Å². The maximum Gasteiger partial charge on any atom is 0.244 e. The van der Waals surface area contributed by atoms with Crippen molar-refractivity contribution < 1.29 is 18.7 Å². The SMILES string of the molecule is C[C@@H](NC(=O)/C=C/c1cc(Cl)c2c(c1)OCCCO2)c1ccco1. The molecule has 6 heteroatoms. The summed E-state index contributed by atoms with van der Waals surface area (Å²) < 4.78 is 16.5. The number of rotatable bonds is 4. The minimum Gasteiger partial charge on any atom is -0.489 e. The fourth-order valence-corrected chi connectivity index (χ4v) is 2.66. The van der Waals surface area contributed by atoms with Crippen LogP contribution < -0.4 is 14.8 Å². The number of hydrogen-bond donors (Lipinski definition) is 1. The Kier molecular flexibility index (Phi) is 5.11. The second-order valence-corrected chi connectivity index (χ2v) is 5.87. The smallest absolute Gasteiger partial charge is 0.244 e. The molecule has 0 saturated carbocycles. The summed E-state index contributed by atoms with van der Waals surface area (Å²) in [6, 6.07) is 6.96. The Hall–Kier alpha value is -2.40. The number of amides is 1. The van der Waals surface area contributed by atoms with Crippen molar-refractivity contribution in [3.8, 4) is 11.5 Å². The Bertz CT molecular complexity index is 740. The molecule has 1 aromatic heterocycles. The van der Waals surface area contributed by atoms with Crippen LogP contribution in [-0.2, 0) is 4.79 Å². The van der Waals surface area contributed by atoms with Crippen LogP contribution in [0.3, 0.4) is 0 Å². The van der Waals surface area contributed by atoms with Gasteiger partial charge in [0.15, 0.2) is 11.5 Å². The van der Waals surface area contributed by atoms with Crippen molar-refractivity contribution in [1.29, 1.82) is 0 Å². The fraction of sp³-hybridized carbons (Fsp3) is 0.278. The van der Waals surface area contributed by atoms with E-state index in [2.05, 4.69) is 5.32 Å². The van der Waals surface area contributed by atoms with E-state index in [0.717, 1.165) is 12.0 Å². The number of hydrogen-bond acceptors (Lipinski definition) is 4. The molecule has 2 aromatic rings. The number of fused-ring (bicyclic) bond motifs is 1. The largest absolute Gasteiger partial charge is 0.489 e. The van der Waals surface area contributed by atoms with Crippen LogP contribution in [0.1, 0.15) is 30.7 Å². The van der Waals surface area contributed by atoms with Gasteiger partial charge in [0.25, 0.3) is 0 Å². The van der Waals surface area contributed by atoms with E-state index in [9.17, 15) is 4.79 Å². The molecule has 0 unspecified atom stereocenters. The molecule has 126 valence electrons. The molecule has 3 rings (SSSR count). The average Bonchev–Trinajstić information content (AvgIpc) is 2.99. The van der Waals surface area contributed by atoms with Crippen molar-refractivity contribution in [3.63, 3.8) is 0 Å². The van der Waals surface area contributed by atoms with E-state index >= 15 is 0 Å². The molecule has 0 radical (unpaired) electrons. The summed E-state index contributed by atoms with van der Waals surface area (Å²) in [5.41, 5.74) is 0.769. The molecule has 1 N–H and O–H groups in total. The second-order valence-electron chi connectivity index (χ2n) is 5.46. The van der Waals surface area contributed by atoms with E-state index in [1.165, 1.54) is 6.08 Å². The van der Waals surface area contributed by atoms with Crippen molar-refractivity contribution in [2.45, 2.75) is 19.4 Å². The molecule has 1 atom stereocenters. The number of benzene rings is 1. The molecule has 0 aliphatic carbocycles. The minimum atomic E-state index is -0.220. The van der Waals surface area contributed by atoms with Gasteiger partial charge in [-0.25, -0.2) is 0 Å². The van der Waals surface area contributed by atoms with Crippen LogP contribution in [0, 0.1) is 0 Å². The number of nitrogens with one attached hydrogen (secondary N) is 1. The first-order valence-electron chi connectivity index (χ1n) is 7.74. The van der Waals surface area contributed by atoms with Crippen LogP contribution >= 0.6 is 11.6 Å². The molecule has 0 bridgehead atoms. The van der Waals surface area contributed by atoms with Gasteiger partial charge in [-0.3, -0.25) is 4.79 Å². The van der Waals surface area contributed by atoms with E-state index in [1.54, 1.807) is 24.5 Å². The summed E-state index contributed by atoms with van der Waals surface area (Å²) in [5, 5.41) is 3.30. The Balaban J connectivity index is 1.69. The van der Waals surface area contributed by atoms with Crippen LogP contribution in [0.15, 0.2) is 41.0 Å². The van der Waals surface area contributed by atoms with Crippen LogP contribution in [0.2, 0.25) is 5.02 Å². The van der Waals surface area contributed by atoms with Crippen molar-refractivity contribution in [2.75, 3.05) is 13.2 Å². The Labute approximate surface area is 145 Å². The van der Waals surface area contributed by atoms with E-state index in [0.29, 0.717) is 35.5 Å². The van der Waals surface area contributed by atoms with Gasteiger partial charge >= 0.3 is 0 Å². The monoisotopic (exact) mass is 347 g/mol. The van der Waals surface area contributed by atoms with E-state index in [-0.39, 0.29) is 11.9 Å². The first-order chi connectivity index (χ1) is 11.6. The number of halogens is 1. The molecular formula is C18H18ClNO4. The zero-order valence-corrected chi connectivity index (χ0v) is 14.0. The topological polar surface area (TPSA) is 60.7 Å². The molecule has 0 fully saturated rings. The maximum absolute atomic E-state index is 12.0. The van der Waals surface area contributed by atoms with Gasteiger partial charge in [-0.1, -0.05) is 11.6 Å². The van der Waals surface area contributed by atoms with Crippen LogP contribution in [0.5, 0.6) is 11.5 Å². The lowest BCUT2D eigenvalue weighted by molar-refractivity contribution is -0.117. The van der Waals surface area contributed by atoms with Gasteiger partial charge in [0, 0.05) is 12.5 Å². The standard InChI is InChI=1S/C18H18ClNO4/c1-12(15-4-2-7-22-15)20-17(21)6-5-13-10-14(19)18-16(11-13)23-8-3-9-24-18/h2,4-7,10-12H,3,8-9H2,1H3,(H,20,21)/b6-5+/t12-/m1/s1. The summed E-state index contributed by atoms with van der Waals surface area (Å²) in [6.07, 6.45) is 5.52. The van der Waals surface area contributed by atoms with Gasteiger partial charge in [-0.2, -0.15) is 0 Å². The fourth-order valence-electron chi connectivity index (χ4n) is 2.39. The van der Waals surface area contributed by atoms with Gasteiger partial charge in [0.05, 0.1) is 30.5 Å². The van der Waals surface area contributed by atoms with E-state index in [1.807, 2.05) is 19.1 Å². The molecule has 24 heavy (non-hydrogen) atoms. The maximum atomic E-state index is 12.0. The number of ether oxygens (including phenoxy) is 2. The third-order valence-electron chi connectivity index (χ3n) is 3.58. The number of carbonyl (C=O) groups is 1. The summed E-state index contributed by atoms with van der Waals surface area (Å²) in [7, 11) is 0. The molecule has 0 spiro atoms. The van der Waals surface area contributed by atoms with Gasteiger partial charge in [-0.05, 0) is 42.8 Å². The van der Waals surface area contributed by atoms with E-state index in [4.69, 9.17) is 25.5 Å². The summed E-state index contributed by atoms with van der Waals surface area (Å²) in [6.45, 7) is 3.02. The number of carbonyl (C=O) groups excluding carboxylic acids is 1. The molecule has 1 aliphatic rings. The van der Waals surface area contributed by atoms with Crippen LogP contribution in [0.25, 0.3) is 6.08 Å². The van der Waals surface area contributed by atoms with Crippen LogP contribution in [-0.4, -0.2) is 19.1 Å². The quantitative estimate of drug-likeness (QED) is 0.850. The highest BCUT2D eigenvalue weighted by atomic mass is 35.5. The Morgan fingerprint density at radius 3 is 2.96 bits per heavy atom. The van der Waals surface area contributed by atoms with Crippen molar-refractivity contribution in [2.24, 2.45) is 0 Å². The first-order valence-corrected chi connectivity index (χ1v) is 8.12. The zero-order chi connectivity index (χ0) is 16.9. The van der Waals surface area contributed by atoms with Gasteiger partial charge < -0.3 is 19.2 Å². The lowest BCUT2D eigenvalue weighted by Gasteiger charge is -2.10. The predicted molar refractivity (Wildman–Crippen MR) is 91.4 cm³/mol. The molecular weight excluding hydrogens is 330 g/mol. The molecule has 1 aliphatic heterocycles. The highest BCUT2D eigenvalue weighted by Crippen LogP contribution is 2.38. The Morgan fingerprint density at radius 2 is 2.17 bits per heavy atom. The number of furan rings is 1. The molecule has 1 amide bonds. The average molecular weight is 348 g/mol. The lowest BCUT2D eigenvalue weighted by atomic mass is 10.1. The third-order valence-corrected chi connectivity index (χ3v) is 3.86. The molecule has 2 heterocycles. The minimum absolute atomic E-state index is 0.204. The summed E-state index contributed by atoms with van der Waals surface area (Å²) in [5.74, 6) is 1.64. The molecule has 0 saturated heterocycles. The molecule has 1 aromatic carbocycles. The van der Waals surface area contributed by atoms with Gasteiger partial charge in [0.1, 0.15) is 5.76 Å².